The third kappa shape index (κ3) is 4.45. The fourth-order valence-electron chi connectivity index (χ4n) is 1.46. The SMILES string of the molecule is CCCC(CC(=O)O)NS(=O)(=O)c1cccs1. The maximum atomic E-state index is 11.9. The van der Waals surface area contributed by atoms with Crippen molar-refractivity contribution in [2.24, 2.45) is 0 Å². The van der Waals surface area contributed by atoms with Crippen LogP contribution >= 0.6 is 11.3 Å². The van der Waals surface area contributed by atoms with Gasteiger partial charge in [-0.3, -0.25) is 4.79 Å². The number of carboxylic acids is 1. The summed E-state index contributed by atoms with van der Waals surface area (Å²) >= 11 is 1.11. The molecule has 0 aliphatic heterocycles. The molecule has 0 aliphatic rings. The fourth-order valence-corrected chi connectivity index (χ4v) is 3.74. The van der Waals surface area contributed by atoms with Crippen LogP contribution in [-0.2, 0) is 14.8 Å². The molecule has 1 aromatic heterocycles. The molecule has 0 aromatic carbocycles. The molecule has 7 heteroatoms. The molecular weight excluding hydrogens is 262 g/mol. The summed E-state index contributed by atoms with van der Waals surface area (Å²) in [4.78, 5) is 10.6. The zero-order chi connectivity index (χ0) is 12.9. The molecule has 96 valence electrons. The number of hydrogen-bond acceptors (Lipinski definition) is 4. The first-order valence-electron chi connectivity index (χ1n) is 5.23. The molecule has 0 aliphatic carbocycles. The van der Waals surface area contributed by atoms with Gasteiger partial charge < -0.3 is 5.11 Å². The molecule has 0 fully saturated rings. The fraction of sp³-hybridized carbons (Fsp3) is 0.500. The highest BCUT2D eigenvalue weighted by Crippen LogP contribution is 2.17. The van der Waals surface area contributed by atoms with E-state index in [1.165, 1.54) is 6.07 Å². The van der Waals surface area contributed by atoms with Gasteiger partial charge in [-0.25, -0.2) is 13.1 Å². The molecule has 2 N–H and O–H groups in total. The lowest BCUT2D eigenvalue weighted by atomic mass is 10.1. The second-order valence-electron chi connectivity index (χ2n) is 3.64. The smallest absolute Gasteiger partial charge is 0.304 e. The summed E-state index contributed by atoms with van der Waals surface area (Å²) in [5, 5.41) is 10.4. The Kier molecular flexibility index (Phi) is 5.10. The van der Waals surface area contributed by atoms with Crippen LogP contribution in [0.4, 0.5) is 0 Å². The van der Waals surface area contributed by atoms with Gasteiger partial charge in [0.2, 0.25) is 10.0 Å². The van der Waals surface area contributed by atoms with E-state index in [0.717, 1.165) is 17.8 Å². The van der Waals surface area contributed by atoms with Crippen molar-refractivity contribution in [2.75, 3.05) is 0 Å². The number of hydrogen-bond donors (Lipinski definition) is 2. The molecular formula is C10H15NO4S2. The van der Waals surface area contributed by atoms with Crippen molar-refractivity contribution in [1.29, 1.82) is 0 Å². The highest BCUT2D eigenvalue weighted by atomic mass is 32.2. The zero-order valence-electron chi connectivity index (χ0n) is 9.42. The molecule has 0 bridgehead atoms. The normalized spacial score (nSPS) is 13.5. The van der Waals surface area contributed by atoms with Gasteiger partial charge in [-0.05, 0) is 17.9 Å². The average molecular weight is 277 g/mol. The first-order valence-corrected chi connectivity index (χ1v) is 7.59. The molecule has 0 spiro atoms. The predicted molar refractivity (Wildman–Crippen MR) is 65.6 cm³/mol. The number of carbonyl (C=O) groups is 1. The molecule has 5 nitrogen and oxygen atoms in total. The van der Waals surface area contributed by atoms with Crippen LogP contribution in [-0.4, -0.2) is 25.5 Å². The number of rotatable bonds is 7. The monoisotopic (exact) mass is 277 g/mol. The van der Waals surface area contributed by atoms with Crippen molar-refractivity contribution < 1.29 is 18.3 Å². The molecule has 0 saturated heterocycles. The highest BCUT2D eigenvalue weighted by Gasteiger charge is 2.22. The van der Waals surface area contributed by atoms with E-state index >= 15 is 0 Å². The second kappa shape index (κ2) is 6.13. The Balaban J connectivity index is 2.76. The lowest BCUT2D eigenvalue weighted by molar-refractivity contribution is -0.137. The Morgan fingerprint density at radius 1 is 1.59 bits per heavy atom. The number of sulfonamides is 1. The van der Waals surface area contributed by atoms with Gasteiger partial charge in [0.1, 0.15) is 4.21 Å². The maximum Gasteiger partial charge on any atom is 0.304 e. The molecule has 17 heavy (non-hydrogen) atoms. The molecule has 0 radical (unpaired) electrons. The van der Waals surface area contributed by atoms with Crippen molar-refractivity contribution in [3.05, 3.63) is 17.5 Å². The molecule has 1 atom stereocenters. The van der Waals surface area contributed by atoms with E-state index < -0.39 is 22.0 Å². The summed E-state index contributed by atoms with van der Waals surface area (Å²) in [5.41, 5.74) is 0. The van der Waals surface area contributed by atoms with E-state index in [0.29, 0.717) is 6.42 Å². The Hall–Kier alpha value is -0.920. The molecule has 1 heterocycles. The van der Waals surface area contributed by atoms with E-state index in [4.69, 9.17) is 5.11 Å². The quantitative estimate of drug-likeness (QED) is 0.794. The minimum Gasteiger partial charge on any atom is -0.481 e. The zero-order valence-corrected chi connectivity index (χ0v) is 11.1. The van der Waals surface area contributed by atoms with Gasteiger partial charge in [0.25, 0.3) is 0 Å². The van der Waals surface area contributed by atoms with Crippen molar-refractivity contribution in [2.45, 2.75) is 36.4 Å². The van der Waals surface area contributed by atoms with E-state index in [1.54, 1.807) is 11.4 Å². The van der Waals surface area contributed by atoms with Crippen molar-refractivity contribution in [3.63, 3.8) is 0 Å². The van der Waals surface area contributed by atoms with Crippen molar-refractivity contribution in [3.8, 4) is 0 Å². The largest absolute Gasteiger partial charge is 0.481 e. The Morgan fingerprint density at radius 3 is 2.76 bits per heavy atom. The topological polar surface area (TPSA) is 83.5 Å². The third-order valence-electron chi connectivity index (χ3n) is 2.14. The average Bonchev–Trinajstić information content (AvgIpc) is 2.69. The predicted octanol–water partition coefficient (Wildman–Crippen LogP) is 1.67. The second-order valence-corrected chi connectivity index (χ2v) is 6.53. The molecule has 0 saturated carbocycles. The van der Waals surface area contributed by atoms with Crippen LogP contribution in [0.3, 0.4) is 0 Å². The number of carboxylic acid groups (broad SMARTS) is 1. The van der Waals surface area contributed by atoms with Gasteiger partial charge >= 0.3 is 5.97 Å². The van der Waals surface area contributed by atoms with E-state index in [9.17, 15) is 13.2 Å². The van der Waals surface area contributed by atoms with Crippen LogP contribution in [0.1, 0.15) is 26.2 Å². The van der Waals surface area contributed by atoms with Gasteiger partial charge in [0.05, 0.1) is 6.42 Å². The molecule has 1 rings (SSSR count). The van der Waals surface area contributed by atoms with E-state index in [1.807, 2.05) is 6.92 Å². The molecule has 1 aromatic rings. The van der Waals surface area contributed by atoms with Gasteiger partial charge in [-0.2, -0.15) is 0 Å². The lowest BCUT2D eigenvalue weighted by Gasteiger charge is -2.15. The summed E-state index contributed by atoms with van der Waals surface area (Å²) in [5.74, 6) is -1.00. The molecule has 1 unspecified atom stereocenters. The van der Waals surface area contributed by atoms with Crippen molar-refractivity contribution >= 4 is 27.3 Å². The number of nitrogens with one attached hydrogen (secondary N) is 1. The summed E-state index contributed by atoms with van der Waals surface area (Å²) in [6.07, 6.45) is 1.04. The van der Waals surface area contributed by atoms with Crippen LogP contribution in [0.2, 0.25) is 0 Å². The Bertz CT molecular complexity index is 453. The standard InChI is InChI=1S/C10H15NO4S2/c1-2-4-8(7-9(12)13)11-17(14,15)10-5-3-6-16-10/h3,5-6,8,11H,2,4,7H2,1H3,(H,12,13). The van der Waals surface area contributed by atoms with Crippen molar-refractivity contribution in [1.82, 2.24) is 4.72 Å². The molecule has 0 amide bonds. The Labute approximate surface area is 105 Å². The summed E-state index contributed by atoms with van der Waals surface area (Å²) in [6.45, 7) is 1.88. The summed E-state index contributed by atoms with van der Waals surface area (Å²) < 4.78 is 26.4. The minimum absolute atomic E-state index is 0.196. The number of thiophene rings is 1. The lowest BCUT2D eigenvalue weighted by Crippen LogP contribution is -2.36. The van der Waals surface area contributed by atoms with E-state index in [2.05, 4.69) is 4.72 Å². The first-order chi connectivity index (χ1) is 7.95. The van der Waals surface area contributed by atoms with Crippen LogP contribution in [0.25, 0.3) is 0 Å². The van der Waals surface area contributed by atoms with Crippen LogP contribution < -0.4 is 4.72 Å². The summed E-state index contributed by atoms with van der Waals surface area (Å²) in [7, 11) is -3.58. The van der Waals surface area contributed by atoms with Crippen LogP contribution in [0.5, 0.6) is 0 Å². The van der Waals surface area contributed by atoms with Gasteiger partial charge in [0.15, 0.2) is 0 Å². The van der Waals surface area contributed by atoms with Gasteiger partial charge in [0, 0.05) is 6.04 Å². The first kappa shape index (κ1) is 14.1. The maximum absolute atomic E-state index is 11.9. The number of aliphatic carboxylic acids is 1. The van der Waals surface area contributed by atoms with Gasteiger partial charge in [-0.1, -0.05) is 19.4 Å². The van der Waals surface area contributed by atoms with Crippen LogP contribution in [0, 0.1) is 0 Å². The van der Waals surface area contributed by atoms with Gasteiger partial charge in [-0.15, -0.1) is 11.3 Å². The summed E-state index contributed by atoms with van der Waals surface area (Å²) in [6, 6.07) is 2.59. The Morgan fingerprint density at radius 2 is 2.29 bits per heavy atom. The van der Waals surface area contributed by atoms with E-state index in [-0.39, 0.29) is 10.6 Å². The minimum atomic E-state index is -3.58. The third-order valence-corrected chi connectivity index (χ3v) is 5.06. The highest BCUT2D eigenvalue weighted by molar-refractivity contribution is 7.91. The van der Waals surface area contributed by atoms with Crippen LogP contribution in [0.15, 0.2) is 21.7 Å².